The molecule has 0 atom stereocenters. The maximum atomic E-state index is 12.6. The second-order valence-corrected chi connectivity index (χ2v) is 5.26. The molecule has 0 saturated heterocycles. The number of thiazole rings is 1. The highest BCUT2D eigenvalue weighted by atomic mass is 32.1. The Morgan fingerprint density at radius 3 is 2.65 bits per heavy atom. The summed E-state index contributed by atoms with van der Waals surface area (Å²) < 4.78 is 37.8. The van der Waals surface area contributed by atoms with Crippen molar-refractivity contribution in [3.8, 4) is 0 Å². The van der Waals surface area contributed by atoms with E-state index in [-0.39, 0.29) is 11.3 Å². The number of benzene rings is 1. The highest BCUT2D eigenvalue weighted by Crippen LogP contribution is 2.31. The van der Waals surface area contributed by atoms with E-state index >= 15 is 0 Å². The van der Waals surface area contributed by atoms with Crippen molar-refractivity contribution in [3.05, 3.63) is 40.4 Å². The van der Waals surface area contributed by atoms with Gasteiger partial charge in [-0.1, -0.05) is 0 Å². The number of nitrogens with zero attached hydrogens (tertiary/aromatic N) is 1. The zero-order valence-electron chi connectivity index (χ0n) is 10.3. The van der Waals surface area contributed by atoms with Gasteiger partial charge in [-0.3, -0.25) is 10.1 Å². The first-order valence-corrected chi connectivity index (χ1v) is 6.29. The minimum atomic E-state index is -4.53. The van der Waals surface area contributed by atoms with Crippen molar-refractivity contribution in [3.63, 3.8) is 0 Å². The number of nitrogens with one attached hydrogen (secondary N) is 1. The first kappa shape index (κ1) is 14.3. The molecule has 0 bridgehead atoms. The summed E-state index contributed by atoms with van der Waals surface area (Å²) in [5.41, 5.74) is 4.37. The normalized spacial score (nSPS) is 11.4. The predicted molar refractivity (Wildman–Crippen MR) is 70.7 cm³/mol. The van der Waals surface area contributed by atoms with Gasteiger partial charge in [-0.05, 0) is 25.1 Å². The summed E-state index contributed by atoms with van der Waals surface area (Å²) in [6.45, 7) is 1.80. The largest absolute Gasteiger partial charge is 0.416 e. The van der Waals surface area contributed by atoms with Gasteiger partial charge in [0, 0.05) is 16.8 Å². The lowest BCUT2D eigenvalue weighted by Crippen LogP contribution is -2.16. The number of nitrogens with two attached hydrogens (primary N) is 1. The number of anilines is 2. The minimum Gasteiger partial charge on any atom is -0.398 e. The van der Waals surface area contributed by atoms with Crippen molar-refractivity contribution >= 4 is 28.1 Å². The second kappa shape index (κ2) is 5.12. The Bertz CT molecular complexity index is 652. The Hall–Kier alpha value is -2.09. The Morgan fingerprint density at radius 1 is 1.40 bits per heavy atom. The van der Waals surface area contributed by atoms with Crippen LogP contribution in [0, 0.1) is 6.92 Å². The fraction of sp³-hybridized carbons (Fsp3) is 0.167. The summed E-state index contributed by atoms with van der Waals surface area (Å²) in [6.07, 6.45) is -2.98. The molecule has 0 aliphatic heterocycles. The van der Waals surface area contributed by atoms with Crippen molar-refractivity contribution in [2.75, 3.05) is 11.1 Å². The van der Waals surface area contributed by atoms with E-state index in [2.05, 4.69) is 10.3 Å². The Morgan fingerprint density at radius 2 is 2.10 bits per heavy atom. The molecule has 20 heavy (non-hydrogen) atoms. The molecule has 0 saturated carbocycles. The molecule has 2 rings (SSSR count). The fourth-order valence-electron chi connectivity index (χ4n) is 1.51. The van der Waals surface area contributed by atoms with E-state index in [1.165, 1.54) is 11.3 Å². The highest BCUT2D eigenvalue weighted by molar-refractivity contribution is 7.15. The summed E-state index contributed by atoms with van der Waals surface area (Å²) in [5, 5.41) is 2.73. The summed E-state index contributed by atoms with van der Waals surface area (Å²) in [6, 6.07) is 2.62. The molecule has 0 aliphatic carbocycles. The smallest absolute Gasteiger partial charge is 0.398 e. The molecule has 3 N–H and O–H groups in total. The number of amides is 1. The van der Waals surface area contributed by atoms with Crippen LogP contribution in [0.2, 0.25) is 0 Å². The summed E-state index contributed by atoms with van der Waals surface area (Å²) in [4.78, 5) is 16.7. The van der Waals surface area contributed by atoms with E-state index in [1.807, 2.05) is 0 Å². The monoisotopic (exact) mass is 301 g/mol. The van der Waals surface area contributed by atoms with Crippen molar-refractivity contribution in [2.45, 2.75) is 13.1 Å². The second-order valence-electron chi connectivity index (χ2n) is 4.03. The van der Waals surface area contributed by atoms with E-state index in [0.29, 0.717) is 5.13 Å². The summed E-state index contributed by atoms with van der Waals surface area (Å²) in [7, 11) is 0. The Balaban J connectivity index is 2.29. The molecule has 0 aliphatic rings. The van der Waals surface area contributed by atoms with Crippen molar-refractivity contribution in [2.24, 2.45) is 0 Å². The van der Waals surface area contributed by atoms with Crippen LogP contribution < -0.4 is 11.1 Å². The number of halogens is 3. The molecule has 1 aromatic heterocycles. The number of carbonyl (C=O) groups is 1. The molecule has 0 radical (unpaired) electrons. The lowest BCUT2D eigenvalue weighted by Gasteiger charge is -2.10. The van der Waals surface area contributed by atoms with Crippen LogP contribution in [0.1, 0.15) is 20.8 Å². The number of nitrogen functional groups attached to an aromatic ring is 1. The molecule has 0 spiro atoms. The first-order valence-electron chi connectivity index (χ1n) is 5.48. The highest BCUT2D eigenvalue weighted by Gasteiger charge is 2.31. The average molecular weight is 301 g/mol. The molecule has 1 heterocycles. The van der Waals surface area contributed by atoms with Crippen molar-refractivity contribution < 1.29 is 18.0 Å². The quantitative estimate of drug-likeness (QED) is 0.836. The van der Waals surface area contributed by atoms with Crippen LogP contribution in [0.15, 0.2) is 24.4 Å². The number of rotatable bonds is 2. The third kappa shape index (κ3) is 3.08. The standard InChI is InChI=1S/C12H10F3N3OS/c1-6-5-17-11(20-6)18-10(19)8-4-7(12(13,14)15)2-3-9(8)16/h2-5H,16H2,1H3,(H,17,18,19). The molecule has 8 heteroatoms. The predicted octanol–water partition coefficient (Wildman–Crippen LogP) is 3.30. The number of carbonyl (C=O) groups excluding carboxylic acids is 1. The van der Waals surface area contributed by atoms with E-state index in [9.17, 15) is 18.0 Å². The topological polar surface area (TPSA) is 68.0 Å². The summed E-state index contributed by atoms with van der Waals surface area (Å²) >= 11 is 1.22. The van der Waals surface area contributed by atoms with Crippen LogP contribution in [0.4, 0.5) is 24.0 Å². The molecular formula is C12H10F3N3OS. The lowest BCUT2D eigenvalue weighted by atomic mass is 10.1. The molecule has 1 aromatic carbocycles. The van der Waals surface area contributed by atoms with Gasteiger partial charge < -0.3 is 5.73 Å². The Kier molecular flexibility index (Phi) is 3.67. The maximum Gasteiger partial charge on any atom is 0.416 e. The molecule has 0 unspecified atom stereocenters. The SMILES string of the molecule is Cc1cnc(NC(=O)c2cc(C(F)(F)F)ccc2N)s1. The zero-order valence-corrected chi connectivity index (χ0v) is 11.1. The lowest BCUT2D eigenvalue weighted by molar-refractivity contribution is -0.137. The van der Waals surface area contributed by atoms with Gasteiger partial charge in [-0.15, -0.1) is 11.3 Å². The van der Waals surface area contributed by atoms with E-state index in [1.54, 1.807) is 13.1 Å². The molecule has 1 amide bonds. The Labute approximate surface area is 116 Å². The molecule has 106 valence electrons. The molecule has 4 nitrogen and oxygen atoms in total. The van der Waals surface area contributed by atoms with Gasteiger partial charge in [-0.25, -0.2) is 4.98 Å². The van der Waals surface area contributed by atoms with Gasteiger partial charge in [0.15, 0.2) is 5.13 Å². The van der Waals surface area contributed by atoms with Gasteiger partial charge in [-0.2, -0.15) is 13.2 Å². The van der Waals surface area contributed by atoms with Gasteiger partial charge in [0.1, 0.15) is 0 Å². The van der Waals surface area contributed by atoms with Crippen molar-refractivity contribution in [1.82, 2.24) is 4.98 Å². The third-order valence-electron chi connectivity index (χ3n) is 2.47. The van der Waals surface area contributed by atoms with Crippen LogP contribution >= 0.6 is 11.3 Å². The van der Waals surface area contributed by atoms with E-state index in [0.717, 1.165) is 23.1 Å². The molecule has 2 aromatic rings. The third-order valence-corrected chi connectivity index (χ3v) is 3.30. The number of aryl methyl sites for hydroxylation is 1. The minimum absolute atomic E-state index is 0.0243. The van der Waals surface area contributed by atoms with Crippen LogP contribution in [-0.4, -0.2) is 10.9 Å². The van der Waals surface area contributed by atoms with E-state index in [4.69, 9.17) is 5.73 Å². The van der Waals surface area contributed by atoms with Gasteiger partial charge in [0.2, 0.25) is 0 Å². The maximum absolute atomic E-state index is 12.6. The molecular weight excluding hydrogens is 291 g/mol. The first-order chi connectivity index (χ1) is 9.27. The zero-order chi connectivity index (χ0) is 14.9. The number of hydrogen-bond acceptors (Lipinski definition) is 4. The van der Waals surface area contributed by atoms with Gasteiger partial charge >= 0.3 is 6.18 Å². The van der Waals surface area contributed by atoms with Gasteiger partial charge in [0.25, 0.3) is 5.91 Å². The van der Waals surface area contributed by atoms with Crippen molar-refractivity contribution in [1.29, 1.82) is 0 Å². The average Bonchev–Trinajstić information content (AvgIpc) is 2.73. The fourth-order valence-corrected chi connectivity index (χ4v) is 2.17. The number of alkyl halides is 3. The van der Waals surface area contributed by atoms with Gasteiger partial charge in [0.05, 0.1) is 11.1 Å². The number of aromatic nitrogens is 1. The van der Waals surface area contributed by atoms with Crippen LogP contribution in [-0.2, 0) is 6.18 Å². The van der Waals surface area contributed by atoms with Crippen LogP contribution in [0.5, 0.6) is 0 Å². The van der Waals surface area contributed by atoms with Crippen LogP contribution in [0.3, 0.4) is 0 Å². The van der Waals surface area contributed by atoms with E-state index < -0.39 is 17.6 Å². The summed E-state index contributed by atoms with van der Waals surface area (Å²) in [5.74, 6) is -0.719. The van der Waals surface area contributed by atoms with Crippen LogP contribution in [0.25, 0.3) is 0 Å². The molecule has 0 fully saturated rings. The number of hydrogen-bond donors (Lipinski definition) is 2.